The number of likely N-dealkylation sites (tertiary alicyclic amines) is 1. The third-order valence-corrected chi connectivity index (χ3v) is 5.30. The largest absolute Gasteiger partial charge is 0.481 e. The van der Waals surface area contributed by atoms with Crippen molar-refractivity contribution in [1.82, 2.24) is 15.5 Å². The smallest absolute Gasteiger partial charge is 0.326 e. The zero-order valence-electron chi connectivity index (χ0n) is 18.0. The van der Waals surface area contributed by atoms with Gasteiger partial charge in [-0.15, -0.1) is 0 Å². The molecule has 0 bridgehead atoms. The highest BCUT2D eigenvalue weighted by atomic mass is 32.1. The van der Waals surface area contributed by atoms with Crippen molar-refractivity contribution in [2.24, 2.45) is 22.2 Å². The monoisotopic (exact) mass is 489 g/mol. The predicted octanol–water partition coefficient (Wildman–Crippen LogP) is -3.18. The van der Waals surface area contributed by atoms with Crippen LogP contribution < -0.4 is 27.8 Å². The molecule has 3 amide bonds. The molecule has 15 heteroatoms. The van der Waals surface area contributed by atoms with Gasteiger partial charge in [0.15, 0.2) is 5.96 Å². The van der Waals surface area contributed by atoms with Crippen LogP contribution in [-0.4, -0.2) is 93.7 Å². The van der Waals surface area contributed by atoms with Gasteiger partial charge in [-0.25, -0.2) is 4.79 Å². The Morgan fingerprint density at radius 1 is 1.12 bits per heavy atom. The quantitative estimate of drug-likeness (QED) is 0.0557. The highest BCUT2D eigenvalue weighted by molar-refractivity contribution is 7.80. The van der Waals surface area contributed by atoms with Gasteiger partial charge in [-0.3, -0.25) is 24.2 Å². The maximum Gasteiger partial charge on any atom is 0.326 e. The highest BCUT2D eigenvalue weighted by Gasteiger charge is 2.37. The van der Waals surface area contributed by atoms with Crippen LogP contribution in [0.15, 0.2) is 4.99 Å². The Kier molecular flexibility index (Phi) is 11.4. The molecule has 1 heterocycles. The summed E-state index contributed by atoms with van der Waals surface area (Å²) in [6.45, 7) is 0.626. The van der Waals surface area contributed by atoms with Crippen molar-refractivity contribution < 1.29 is 34.2 Å². The molecular formula is C18H31N7O7S. The van der Waals surface area contributed by atoms with Gasteiger partial charge in [-0.1, -0.05) is 0 Å². The zero-order valence-corrected chi connectivity index (χ0v) is 18.9. The Morgan fingerprint density at radius 3 is 2.33 bits per heavy atom. The Balaban J connectivity index is 2.73. The molecule has 0 aromatic rings. The molecule has 4 atom stereocenters. The third kappa shape index (κ3) is 9.13. The topological polar surface area (TPSA) is 244 Å². The minimum atomic E-state index is -1.67. The molecule has 14 nitrogen and oxygen atoms in total. The summed E-state index contributed by atoms with van der Waals surface area (Å²) in [6, 6.07) is -4.62. The standard InChI is InChI=1S/C18H31N7O7S/c19-9(3-1-5-22-18(20)21)16(30)25-6-2-4-12(25)15(29)24-11(8-33)14(28)23-10(17(31)32)7-13(26)27/h9-12,33H,1-8,19H2,(H,23,28)(H,24,29)(H,26,27)(H,31,32)(H4,20,21,22). The number of hydrogen-bond acceptors (Lipinski definition) is 8. The molecule has 0 spiro atoms. The van der Waals surface area contributed by atoms with E-state index in [0.717, 1.165) is 0 Å². The molecule has 1 saturated heterocycles. The molecule has 1 rings (SSSR count). The molecule has 10 N–H and O–H groups in total. The van der Waals surface area contributed by atoms with Crippen molar-refractivity contribution in [3.63, 3.8) is 0 Å². The van der Waals surface area contributed by atoms with Crippen LogP contribution in [0.25, 0.3) is 0 Å². The first-order chi connectivity index (χ1) is 15.5. The number of carbonyl (C=O) groups is 5. The Labute approximate surface area is 195 Å². The molecule has 1 fully saturated rings. The van der Waals surface area contributed by atoms with Crippen molar-refractivity contribution >= 4 is 48.2 Å². The average Bonchev–Trinajstić information content (AvgIpc) is 3.23. The number of carbonyl (C=O) groups excluding carboxylic acids is 3. The van der Waals surface area contributed by atoms with Crippen molar-refractivity contribution in [2.45, 2.75) is 56.3 Å². The maximum atomic E-state index is 12.8. The summed E-state index contributed by atoms with van der Waals surface area (Å²) in [5.74, 6) is -5.13. The number of nitrogens with zero attached hydrogens (tertiary/aromatic N) is 2. The van der Waals surface area contributed by atoms with Crippen LogP contribution in [0.1, 0.15) is 32.1 Å². The van der Waals surface area contributed by atoms with Gasteiger partial charge in [-0.05, 0) is 25.7 Å². The lowest BCUT2D eigenvalue weighted by Gasteiger charge is -2.28. The number of nitrogens with two attached hydrogens (primary N) is 3. The lowest BCUT2D eigenvalue weighted by atomic mass is 10.1. The number of carboxylic acids is 2. The molecule has 0 aliphatic carbocycles. The molecule has 1 aliphatic rings. The van der Waals surface area contributed by atoms with Gasteiger partial charge in [0.2, 0.25) is 17.7 Å². The minimum absolute atomic E-state index is 0.0633. The van der Waals surface area contributed by atoms with E-state index >= 15 is 0 Å². The summed E-state index contributed by atoms with van der Waals surface area (Å²) in [5.41, 5.74) is 16.4. The van der Waals surface area contributed by atoms with Crippen LogP contribution in [0, 0.1) is 0 Å². The highest BCUT2D eigenvalue weighted by Crippen LogP contribution is 2.19. The minimum Gasteiger partial charge on any atom is -0.481 e. The van der Waals surface area contributed by atoms with Gasteiger partial charge in [-0.2, -0.15) is 12.6 Å². The van der Waals surface area contributed by atoms with Gasteiger partial charge in [0, 0.05) is 18.8 Å². The van der Waals surface area contributed by atoms with Crippen molar-refractivity contribution in [3.8, 4) is 0 Å². The molecule has 0 aromatic carbocycles. The van der Waals surface area contributed by atoms with E-state index in [4.69, 9.17) is 27.4 Å². The second kappa shape index (κ2) is 13.5. The maximum absolute atomic E-state index is 12.8. The first-order valence-corrected chi connectivity index (χ1v) is 10.9. The summed E-state index contributed by atoms with van der Waals surface area (Å²) in [7, 11) is 0. The van der Waals surface area contributed by atoms with E-state index < -0.39 is 60.2 Å². The lowest BCUT2D eigenvalue weighted by molar-refractivity contribution is -0.147. The fourth-order valence-electron chi connectivity index (χ4n) is 3.27. The SMILES string of the molecule is NC(N)=NCCCC(N)C(=O)N1CCCC1C(=O)NC(CS)C(=O)NC(CC(=O)O)C(=O)O. The van der Waals surface area contributed by atoms with E-state index in [0.29, 0.717) is 38.8 Å². The normalized spacial score (nSPS) is 18.0. The second-order valence-corrected chi connectivity index (χ2v) is 7.85. The second-order valence-electron chi connectivity index (χ2n) is 7.49. The van der Waals surface area contributed by atoms with Crippen LogP contribution in [0.3, 0.4) is 0 Å². The van der Waals surface area contributed by atoms with Crippen LogP contribution >= 0.6 is 12.6 Å². The van der Waals surface area contributed by atoms with Gasteiger partial charge in [0.1, 0.15) is 18.1 Å². The fourth-order valence-corrected chi connectivity index (χ4v) is 3.53. The third-order valence-electron chi connectivity index (χ3n) is 4.93. The van der Waals surface area contributed by atoms with Gasteiger partial charge in [0.05, 0.1) is 12.5 Å². The van der Waals surface area contributed by atoms with E-state index in [1.807, 2.05) is 0 Å². The fraction of sp³-hybridized carbons (Fsp3) is 0.667. The molecule has 0 aromatic heterocycles. The first-order valence-electron chi connectivity index (χ1n) is 10.3. The van der Waals surface area contributed by atoms with Crippen molar-refractivity contribution in [3.05, 3.63) is 0 Å². The lowest BCUT2D eigenvalue weighted by Crippen LogP contribution is -2.57. The Morgan fingerprint density at radius 2 is 1.79 bits per heavy atom. The number of aliphatic imine (C=N–C) groups is 1. The number of carboxylic acid groups (broad SMARTS) is 2. The number of guanidine groups is 1. The molecule has 1 aliphatic heterocycles. The predicted molar refractivity (Wildman–Crippen MR) is 120 cm³/mol. The molecular weight excluding hydrogens is 458 g/mol. The van der Waals surface area contributed by atoms with Gasteiger partial charge in [0.25, 0.3) is 0 Å². The summed E-state index contributed by atoms with van der Waals surface area (Å²) in [5, 5.41) is 22.4. The zero-order chi connectivity index (χ0) is 25.1. The number of hydrogen-bond donors (Lipinski definition) is 8. The van der Waals surface area contributed by atoms with Crippen LogP contribution in [-0.2, 0) is 24.0 Å². The van der Waals surface area contributed by atoms with Crippen molar-refractivity contribution in [2.75, 3.05) is 18.8 Å². The molecule has 33 heavy (non-hydrogen) atoms. The molecule has 186 valence electrons. The van der Waals surface area contributed by atoms with Crippen LogP contribution in [0.4, 0.5) is 0 Å². The Bertz CT molecular complexity index is 775. The van der Waals surface area contributed by atoms with E-state index in [-0.39, 0.29) is 11.7 Å². The van der Waals surface area contributed by atoms with E-state index in [9.17, 15) is 24.0 Å². The van der Waals surface area contributed by atoms with Gasteiger partial charge >= 0.3 is 11.9 Å². The molecule has 4 unspecified atom stereocenters. The van der Waals surface area contributed by atoms with Crippen LogP contribution in [0.5, 0.6) is 0 Å². The van der Waals surface area contributed by atoms with E-state index in [1.165, 1.54) is 4.90 Å². The summed E-state index contributed by atoms with van der Waals surface area (Å²) in [4.78, 5) is 65.0. The number of amides is 3. The number of rotatable bonds is 13. The molecule has 0 radical (unpaired) electrons. The van der Waals surface area contributed by atoms with Gasteiger partial charge < -0.3 is 42.9 Å². The number of nitrogens with one attached hydrogen (secondary N) is 2. The van der Waals surface area contributed by atoms with E-state index in [2.05, 4.69) is 28.3 Å². The average molecular weight is 490 g/mol. The summed E-state index contributed by atoms with van der Waals surface area (Å²) < 4.78 is 0. The first kappa shape index (κ1) is 28.0. The summed E-state index contributed by atoms with van der Waals surface area (Å²) in [6.07, 6.45) is 0.860. The summed E-state index contributed by atoms with van der Waals surface area (Å²) >= 11 is 4.01. The van der Waals surface area contributed by atoms with Crippen molar-refractivity contribution in [1.29, 1.82) is 0 Å². The number of aliphatic carboxylic acids is 2. The molecule has 0 saturated carbocycles. The Hall–Kier alpha value is -3.07. The number of thiol groups is 1. The van der Waals surface area contributed by atoms with Crippen LogP contribution in [0.2, 0.25) is 0 Å². The van der Waals surface area contributed by atoms with E-state index in [1.54, 1.807) is 0 Å².